The fourth-order valence-corrected chi connectivity index (χ4v) is 2.33. The molecule has 0 radical (unpaired) electrons. The minimum atomic E-state index is -0.885. The van der Waals surface area contributed by atoms with Crippen LogP contribution in [0.5, 0.6) is 0 Å². The summed E-state index contributed by atoms with van der Waals surface area (Å²) in [6, 6.07) is 18.4. The largest absolute Gasteiger partial charge is 0.478 e. The van der Waals surface area contributed by atoms with Crippen LogP contribution in [0.25, 0.3) is 6.08 Å². The van der Waals surface area contributed by atoms with E-state index in [9.17, 15) is 4.79 Å². The van der Waals surface area contributed by atoms with Gasteiger partial charge in [-0.05, 0) is 29.7 Å². The molecule has 0 amide bonds. The molecule has 2 nitrogen and oxygen atoms in total. The molecule has 2 aromatic rings. The highest BCUT2D eigenvalue weighted by Crippen LogP contribution is 2.31. The summed E-state index contributed by atoms with van der Waals surface area (Å²) in [4.78, 5) is 10.8. The SMILES string of the molecule is C/C(=C\c1ccc(C(C)(C)c2ccccc2)cc1)C(=O)O. The van der Waals surface area contributed by atoms with Gasteiger partial charge in [-0.2, -0.15) is 0 Å². The minimum absolute atomic E-state index is 0.0780. The summed E-state index contributed by atoms with van der Waals surface area (Å²) in [5.74, 6) is -0.885. The second-order valence-electron chi connectivity index (χ2n) is 5.75. The zero-order valence-corrected chi connectivity index (χ0v) is 12.6. The van der Waals surface area contributed by atoms with E-state index >= 15 is 0 Å². The average Bonchev–Trinajstić information content (AvgIpc) is 2.48. The van der Waals surface area contributed by atoms with E-state index in [1.54, 1.807) is 13.0 Å². The molecule has 2 heteroatoms. The van der Waals surface area contributed by atoms with Crippen LogP contribution in [-0.2, 0) is 10.2 Å². The van der Waals surface area contributed by atoms with Gasteiger partial charge < -0.3 is 5.11 Å². The van der Waals surface area contributed by atoms with Crippen LogP contribution >= 0.6 is 0 Å². The zero-order valence-electron chi connectivity index (χ0n) is 12.6. The van der Waals surface area contributed by atoms with Crippen LogP contribution in [0, 0.1) is 0 Å². The number of benzene rings is 2. The topological polar surface area (TPSA) is 37.3 Å². The summed E-state index contributed by atoms with van der Waals surface area (Å²) >= 11 is 0. The van der Waals surface area contributed by atoms with Gasteiger partial charge >= 0.3 is 5.97 Å². The van der Waals surface area contributed by atoms with Gasteiger partial charge in [-0.25, -0.2) is 4.79 Å². The maximum atomic E-state index is 10.8. The van der Waals surface area contributed by atoms with Crippen LogP contribution < -0.4 is 0 Å². The van der Waals surface area contributed by atoms with E-state index in [0.717, 1.165) is 5.56 Å². The van der Waals surface area contributed by atoms with Crippen molar-refractivity contribution in [2.45, 2.75) is 26.2 Å². The van der Waals surface area contributed by atoms with Crippen molar-refractivity contribution < 1.29 is 9.90 Å². The molecule has 21 heavy (non-hydrogen) atoms. The van der Waals surface area contributed by atoms with Crippen molar-refractivity contribution in [2.24, 2.45) is 0 Å². The number of carbonyl (C=O) groups is 1. The van der Waals surface area contributed by atoms with Gasteiger partial charge in [0.15, 0.2) is 0 Å². The van der Waals surface area contributed by atoms with Crippen LogP contribution in [0.3, 0.4) is 0 Å². The monoisotopic (exact) mass is 280 g/mol. The van der Waals surface area contributed by atoms with Gasteiger partial charge in [0.05, 0.1) is 0 Å². The van der Waals surface area contributed by atoms with Crippen molar-refractivity contribution in [3.05, 3.63) is 76.9 Å². The average molecular weight is 280 g/mol. The lowest BCUT2D eigenvalue weighted by molar-refractivity contribution is -0.132. The third kappa shape index (κ3) is 3.40. The normalized spacial score (nSPS) is 12.2. The number of carboxylic acids is 1. The first-order valence-electron chi connectivity index (χ1n) is 6.99. The Morgan fingerprint density at radius 2 is 1.48 bits per heavy atom. The van der Waals surface area contributed by atoms with E-state index < -0.39 is 5.97 Å². The molecule has 2 aromatic carbocycles. The first-order valence-corrected chi connectivity index (χ1v) is 6.99. The van der Waals surface area contributed by atoms with Gasteiger partial charge in [-0.3, -0.25) is 0 Å². The lowest BCUT2D eigenvalue weighted by Crippen LogP contribution is -2.18. The second kappa shape index (κ2) is 5.96. The molecule has 0 aliphatic carbocycles. The third-order valence-electron chi connectivity index (χ3n) is 3.85. The van der Waals surface area contributed by atoms with Gasteiger partial charge in [0.2, 0.25) is 0 Å². The van der Waals surface area contributed by atoms with Gasteiger partial charge in [0, 0.05) is 11.0 Å². The maximum absolute atomic E-state index is 10.8. The minimum Gasteiger partial charge on any atom is -0.478 e. The molecule has 0 heterocycles. The Labute approximate surface area is 125 Å². The number of carboxylic acid groups (broad SMARTS) is 1. The molecule has 0 saturated heterocycles. The number of aliphatic carboxylic acids is 1. The predicted octanol–water partition coefficient (Wildman–Crippen LogP) is 4.50. The second-order valence-corrected chi connectivity index (χ2v) is 5.75. The Hall–Kier alpha value is -2.35. The number of hydrogen-bond donors (Lipinski definition) is 1. The zero-order chi connectivity index (χ0) is 15.5. The number of rotatable bonds is 4. The van der Waals surface area contributed by atoms with Crippen LogP contribution in [-0.4, -0.2) is 11.1 Å². The summed E-state index contributed by atoms with van der Waals surface area (Å²) in [6.07, 6.45) is 1.68. The van der Waals surface area contributed by atoms with Crippen molar-refractivity contribution in [3.8, 4) is 0 Å². The Bertz CT molecular complexity index is 650. The fourth-order valence-electron chi connectivity index (χ4n) is 2.33. The lowest BCUT2D eigenvalue weighted by Gasteiger charge is -2.26. The molecule has 0 aliphatic heterocycles. The van der Waals surface area contributed by atoms with Crippen molar-refractivity contribution in [3.63, 3.8) is 0 Å². The predicted molar refractivity (Wildman–Crippen MR) is 86.3 cm³/mol. The molecule has 2 rings (SSSR count). The molecule has 0 aromatic heterocycles. The first kappa shape index (κ1) is 15.0. The fraction of sp³-hybridized carbons (Fsp3) is 0.211. The molecule has 0 spiro atoms. The van der Waals surface area contributed by atoms with E-state index in [4.69, 9.17) is 5.11 Å². The van der Waals surface area contributed by atoms with Crippen molar-refractivity contribution >= 4 is 12.0 Å². The highest BCUT2D eigenvalue weighted by atomic mass is 16.4. The Kier molecular flexibility index (Phi) is 4.27. The van der Waals surface area contributed by atoms with Crippen LogP contribution in [0.1, 0.15) is 37.5 Å². The summed E-state index contributed by atoms with van der Waals surface area (Å²) in [5.41, 5.74) is 3.63. The summed E-state index contributed by atoms with van der Waals surface area (Å²) in [7, 11) is 0. The molecule has 0 unspecified atom stereocenters. The van der Waals surface area contributed by atoms with E-state index in [1.807, 2.05) is 30.3 Å². The molecule has 0 bridgehead atoms. The third-order valence-corrected chi connectivity index (χ3v) is 3.85. The summed E-state index contributed by atoms with van der Waals surface area (Å²) < 4.78 is 0. The van der Waals surface area contributed by atoms with Crippen LogP contribution in [0.2, 0.25) is 0 Å². The molecular formula is C19H20O2. The molecule has 108 valence electrons. The van der Waals surface area contributed by atoms with Crippen molar-refractivity contribution in [1.82, 2.24) is 0 Å². The first-order chi connectivity index (χ1) is 9.91. The van der Waals surface area contributed by atoms with Gasteiger partial charge in [0.1, 0.15) is 0 Å². The van der Waals surface area contributed by atoms with Crippen molar-refractivity contribution in [2.75, 3.05) is 0 Å². The maximum Gasteiger partial charge on any atom is 0.331 e. The van der Waals surface area contributed by atoms with E-state index in [1.165, 1.54) is 11.1 Å². The lowest BCUT2D eigenvalue weighted by atomic mass is 9.78. The van der Waals surface area contributed by atoms with E-state index in [-0.39, 0.29) is 5.41 Å². The number of hydrogen-bond acceptors (Lipinski definition) is 1. The quantitative estimate of drug-likeness (QED) is 0.837. The van der Waals surface area contributed by atoms with Crippen molar-refractivity contribution in [1.29, 1.82) is 0 Å². The van der Waals surface area contributed by atoms with Crippen LogP contribution in [0.15, 0.2) is 60.2 Å². The molecule has 0 saturated carbocycles. The molecule has 0 aliphatic rings. The van der Waals surface area contributed by atoms with Gasteiger partial charge in [0.25, 0.3) is 0 Å². The molecule has 1 N–H and O–H groups in total. The molecule has 0 atom stereocenters. The summed E-state index contributed by atoms with van der Waals surface area (Å²) in [5, 5.41) is 8.91. The van der Waals surface area contributed by atoms with Gasteiger partial charge in [-0.15, -0.1) is 0 Å². The highest BCUT2D eigenvalue weighted by Gasteiger charge is 2.22. The van der Waals surface area contributed by atoms with Gasteiger partial charge in [-0.1, -0.05) is 68.4 Å². The van der Waals surface area contributed by atoms with Crippen LogP contribution in [0.4, 0.5) is 0 Å². The smallest absolute Gasteiger partial charge is 0.331 e. The molecular weight excluding hydrogens is 260 g/mol. The molecule has 0 fully saturated rings. The standard InChI is InChI=1S/C19H20O2/c1-14(18(20)21)13-15-9-11-17(12-10-15)19(2,3)16-7-5-4-6-8-16/h4-13H,1-3H3,(H,20,21)/b14-13+. The Morgan fingerprint density at radius 3 is 2.00 bits per heavy atom. The van der Waals surface area contributed by atoms with E-state index in [0.29, 0.717) is 5.57 Å². The highest BCUT2D eigenvalue weighted by molar-refractivity contribution is 5.91. The Balaban J connectivity index is 2.31. The Morgan fingerprint density at radius 1 is 0.952 bits per heavy atom. The summed E-state index contributed by atoms with van der Waals surface area (Å²) in [6.45, 7) is 5.98. The van der Waals surface area contributed by atoms with E-state index in [2.05, 4.69) is 38.1 Å².